The Morgan fingerprint density at radius 3 is 2.13 bits per heavy atom. The second-order valence-corrected chi connectivity index (χ2v) is 14.0. The number of aliphatic imine (C=N–C) groups is 2. The summed E-state index contributed by atoms with van der Waals surface area (Å²) in [5.74, 6) is 1.96. The first-order valence-corrected chi connectivity index (χ1v) is 18.4. The molecule has 4 aliphatic heterocycles. The lowest BCUT2D eigenvalue weighted by Crippen LogP contribution is -2.44. The number of carbonyl (C=O) groups is 2. The third-order valence-electron chi connectivity index (χ3n) is 10.1. The average Bonchev–Trinajstić information content (AvgIpc) is 3.49. The van der Waals surface area contributed by atoms with E-state index >= 15 is 0 Å². The molecule has 0 unspecified atom stereocenters. The van der Waals surface area contributed by atoms with Crippen molar-refractivity contribution in [3.8, 4) is 17.2 Å². The fraction of sp³-hybridized carbons (Fsp3) is 0.318. The van der Waals surface area contributed by atoms with Crippen molar-refractivity contribution in [3.05, 3.63) is 117 Å². The van der Waals surface area contributed by atoms with Crippen LogP contribution in [0.1, 0.15) is 80.8 Å². The number of ether oxygens (including phenoxy) is 3. The highest BCUT2D eigenvalue weighted by atomic mass is 16.5. The molecule has 53 heavy (non-hydrogen) atoms. The van der Waals surface area contributed by atoms with Gasteiger partial charge in [-0.3, -0.25) is 19.6 Å². The highest BCUT2D eigenvalue weighted by Gasteiger charge is 2.34. The summed E-state index contributed by atoms with van der Waals surface area (Å²) in [6.45, 7) is 11.9. The van der Waals surface area contributed by atoms with Gasteiger partial charge in [0.05, 0.1) is 54.9 Å². The zero-order valence-electron chi connectivity index (χ0n) is 31.3. The van der Waals surface area contributed by atoms with Crippen molar-refractivity contribution in [2.45, 2.75) is 72.5 Å². The van der Waals surface area contributed by atoms with Crippen LogP contribution in [0.3, 0.4) is 0 Å². The Hall–Kier alpha value is -5.70. The number of benzene rings is 4. The molecule has 8 rings (SSSR count). The van der Waals surface area contributed by atoms with Crippen molar-refractivity contribution in [2.24, 2.45) is 9.98 Å². The zero-order chi connectivity index (χ0) is 37.2. The number of amides is 2. The van der Waals surface area contributed by atoms with Crippen molar-refractivity contribution in [3.63, 3.8) is 0 Å². The van der Waals surface area contributed by atoms with Gasteiger partial charge in [0.25, 0.3) is 11.8 Å². The van der Waals surface area contributed by atoms with Gasteiger partial charge in [-0.05, 0) is 80.5 Å². The molecular weight excluding hydrogens is 665 g/mol. The predicted octanol–water partition coefficient (Wildman–Crippen LogP) is 8.75. The number of hydrogen-bond acceptors (Lipinski definition) is 7. The number of rotatable bonds is 7. The summed E-state index contributed by atoms with van der Waals surface area (Å²) >= 11 is 0. The van der Waals surface area contributed by atoms with Gasteiger partial charge in [-0.1, -0.05) is 60.5 Å². The normalized spacial score (nSPS) is 18.0. The molecule has 272 valence electrons. The fourth-order valence-electron chi connectivity index (χ4n) is 7.23. The highest BCUT2D eigenvalue weighted by Crippen LogP contribution is 2.39. The number of nitrogens with zero attached hydrogens (tertiary/aromatic N) is 4. The number of carbonyl (C=O) groups excluding carboxylic acids is 2. The van der Waals surface area contributed by atoms with Gasteiger partial charge in [0.2, 0.25) is 0 Å². The summed E-state index contributed by atoms with van der Waals surface area (Å²) in [5.41, 5.74) is 10.7. The number of fused-ring (bicyclic) bond motifs is 5. The van der Waals surface area contributed by atoms with E-state index < -0.39 is 0 Å². The van der Waals surface area contributed by atoms with E-state index in [2.05, 4.69) is 73.2 Å². The third kappa shape index (κ3) is 7.20. The van der Waals surface area contributed by atoms with Crippen molar-refractivity contribution < 1.29 is 23.8 Å². The summed E-state index contributed by atoms with van der Waals surface area (Å²) < 4.78 is 16.9. The Labute approximate surface area is 311 Å². The van der Waals surface area contributed by atoms with E-state index in [1.165, 1.54) is 27.8 Å². The first-order chi connectivity index (χ1) is 25.7. The van der Waals surface area contributed by atoms with Crippen LogP contribution in [0.4, 0.5) is 11.4 Å². The van der Waals surface area contributed by atoms with Gasteiger partial charge in [0, 0.05) is 43.7 Å². The van der Waals surface area contributed by atoms with E-state index in [9.17, 15) is 9.59 Å². The lowest BCUT2D eigenvalue weighted by atomic mass is 9.93. The first-order valence-electron chi connectivity index (χ1n) is 18.4. The molecule has 4 aromatic rings. The Morgan fingerprint density at radius 2 is 1.42 bits per heavy atom. The summed E-state index contributed by atoms with van der Waals surface area (Å²) in [6.07, 6.45) is 8.22. The summed E-state index contributed by atoms with van der Waals surface area (Å²) in [4.78, 5) is 39.4. The monoisotopic (exact) mass is 710 g/mol. The molecule has 9 nitrogen and oxygen atoms in total. The number of hydrogen-bond donors (Lipinski definition) is 0. The van der Waals surface area contributed by atoms with E-state index in [1.54, 1.807) is 13.2 Å². The molecule has 4 heterocycles. The van der Waals surface area contributed by atoms with Crippen molar-refractivity contribution in [2.75, 3.05) is 20.3 Å². The van der Waals surface area contributed by atoms with Crippen LogP contribution in [0.15, 0.2) is 82.9 Å². The SMILES string of the molecule is CCCOc1cc2c(cc1OC)C(=O)N1Cc3cc(C)ccc3C[C@H]1C=N2.CCOc1cc2c(cc1C)C(=O)N1C=C(c3ccc(C)cc3)C[C@H]1C=N2. The first kappa shape index (κ1) is 35.7. The van der Waals surface area contributed by atoms with Crippen LogP contribution in [-0.2, 0) is 13.0 Å². The maximum atomic E-state index is 13.3. The molecule has 0 bridgehead atoms. The Kier molecular flexibility index (Phi) is 10.2. The van der Waals surface area contributed by atoms with Crippen LogP contribution >= 0.6 is 0 Å². The van der Waals surface area contributed by atoms with Gasteiger partial charge in [-0.15, -0.1) is 0 Å². The van der Waals surface area contributed by atoms with Crippen molar-refractivity contribution >= 4 is 41.2 Å². The molecule has 0 radical (unpaired) electrons. The van der Waals surface area contributed by atoms with Crippen molar-refractivity contribution in [1.29, 1.82) is 0 Å². The summed E-state index contributed by atoms with van der Waals surface area (Å²) in [6, 6.07) is 22.1. The molecule has 0 saturated heterocycles. The smallest absolute Gasteiger partial charge is 0.260 e. The van der Waals surface area contributed by atoms with Crippen LogP contribution in [0.5, 0.6) is 17.2 Å². The van der Waals surface area contributed by atoms with E-state index in [4.69, 9.17) is 14.2 Å². The Bertz CT molecular complexity index is 2150. The number of aryl methyl sites for hydroxylation is 3. The maximum absolute atomic E-state index is 13.3. The third-order valence-corrected chi connectivity index (χ3v) is 10.1. The van der Waals surface area contributed by atoms with Gasteiger partial charge >= 0.3 is 0 Å². The van der Waals surface area contributed by atoms with Crippen LogP contribution < -0.4 is 14.2 Å². The predicted molar refractivity (Wildman–Crippen MR) is 210 cm³/mol. The standard InChI is InChI=1S/C22H24N2O3.C22H22N2O2/c1-4-7-27-21-11-19-18(10-20(21)26-3)22(25)24-13-16-8-14(2)5-6-15(16)9-17(24)12-23-19;1-4-26-21-11-20-19(9-15(21)3)22(25)24-13-17(10-18(24)12-23-20)16-7-5-14(2)6-8-16/h5-6,8,10-12,17H,4,7,9,13H2,1-3H3;5-9,11-13,18H,4,10H2,1-3H3/t17-;18-/m00/s1. The summed E-state index contributed by atoms with van der Waals surface area (Å²) in [5, 5.41) is 0. The molecule has 4 aliphatic rings. The topological polar surface area (TPSA) is 93.0 Å². The Balaban J connectivity index is 0.000000164. The largest absolute Gasteiger partial charge is 0.494 e. The average molecular weight is 711 g/mol. The molecule has 9 heteroatoms. The fourth-order valence-corrected chi connectivity index (χ4v) is 7.23. The van der Waals surface area contributed by atoms with Crippen LogP contribution in [0, 0.1) is 20.8 Å². The molecule has 0 saturated carbocycles. The van der Waals surface area contributed by atoms with E-state index in [0.29, 0.717) is 53.8 Å². The molecule has 0 fully saturated rings. The minimum atomic E-state index is -0.0398. The minimum absolute atomic E-state index is 0.00393. The van der Waals surface area contributed by atoms with Gasteiger partial charge in [0.15, 0.2) is 11.5 Å². The zero-order valence-corrected chi connectivity index (χ0v) is 31.3. The lowest BCUT2D eigenvalue weighted by Gasteiger charge is -2.34. The van der Waals surface area contributed by atoms with E-state index in [0.717, 1.165) is 36.1 Å². The van der Waals surface area contributed by atoms with Gasteiger partial charge in [-0.25, -0.2) is 0 Å². The molecule has 2 atom stereocenters. The lowest BCUT2D eigenvalue weighted by molar-refractivity contribution is 0.0702. The Morgan fingerprint density at radius 1 is 0.717 bits per heavy atom. The quantitative estimate of drug-likeness (QED) is 0.191. The number of methoxy groups -OCH3 is 1. The second kappa shape index (κ2) is 15.1. The van der Waals surface area contributed by atoms with Crippen LogP contribution in [-0.4, -0.2) is 66.5 Å². The molecule has 4 aromatic carbocycles. The van der Waals surface area contributed by atoms with Crippen LogP contribution in [0.2, 0.25) is 0 Å². The molecule has 0 spiro atoms. The highest BCUT2D eigenvalue weighted by molar-refractivity contribution is 6.05. The molecule has 0 aromatic heterocycles. The van der Waals surface area contributed by atoms with Crippen molar-refractivity contribution in [1.82, 2.24) is 9.80 Å². The van der Waals surface area contributed by atoms with E-state index in [-0.39, 0.29) is 23.9 Å². The molecular formula is C44H46N4O5. The van der Waals surface area contributed by atoms with Gasteiger partial charge in [-0.2, -0.15) is 0 Å². The maximum Gasteiger partial charge on any atom is 0.260 e. The minimum Gasteiger partial charge on any atom is -0.494 e. The van der Waals surface area contributed by atoms with E-state index in [1.807, 2.05) is 60.5 Å². The second-order valence-electron chi connectivity index (χ2n) is 14.0. The van der Waals surface area contributed by atoms with Gasteiger partial charge < -0.3 is 24.0 Å². The molecule has 2 amide bonds. The molecule has 0 N–H and O–H groups in total. The van der Waals surface area contributed by atoms with Crippen LogP contribution in [0.25, 0.3) is 5.57 Å². The summed E-state index contributed by atoms with van der Waals surface area (Å²) in [7, 11) is 1.59. The molecule has 0 aliphatic carbocycles. The van der Waals surface area contributed by atoms with Gasteiger partial charge in [0.1, 0.15) is 5.75 Å².